The Hall–Kier alpha value is -1.13. The van der Waals surface area contributed by atoms with Crippen LogP contribution in [0.1, 0.15) is 19.4 Å². The summed E-state index contributed by atoms with van der Waals surface area (Å²) in [5.41, 5.74) is 3.75. The van der Waals surface area contributed by atoms with Crippen molar-refractivity contribution >= 4 is 5.82 Å². The number of hydrogen-bond acceptors (Lipinski definition) is 4. The Morgan fingerprint density at radius 2 is 2.14 bits per heavy atom. The number of nitrogens with zero attached hydrogens (tertiary/aromatic N) is 2. The molecule has 3 N–H and O–H groups in total. The van der Waals surface area contributed by atoms with E-state index >= 15 is 0 Å². The minimum atomic E-state index is 0.763. The quantitative estimate of drug-likeness (QED) is 0.546. The standard InChI is InChI=1S/C10H18N4/c1-3-14(4-2)8-9-6-5-7-12-10(9)13-11/h5-7H,3-4,8,11H2,1-2H3,(H,12,13). The third-order valence-electron chi connectivity index (χ3n) is 2.32. The third-order valence-corrected chi connectivity index (χ3v) is 2.32. The molecule has 1 rings (SSSR count). The number of nitrogen functional groups attached to an aromatic ring is 1. The maximum absolute atomic E-state index is 5.38. The SMILES string of the molecule is CCN(CC)Cc1cccnc1NN. The van der Waals surface area contributed by atoms with Gasteiger partial charge in [-0.2, -0.15) is 0 Å². The first kappa shape index (κ1) is 10.9. The number of aromatic nitrogens is 1. The Labute approximate surface area is 85.1 Å². The number of rotatable bonds is 5. The van der Waals surface area contributed by atoms with Gasteiger partial charge in [0.25, 0.3) is 0 Å². The van der Waals surface area contributed by atoms with Crippen LogP contribution in [-0.2, 0) is 6.54 Å². The van der Waals surface area contributed by atoms with Gasteiger partial charge in [0.15, 0.2) is 0 Å². The lowest BCUT2D eigenvalue weighted by molar-refractivity contribution is 0.296. The van der Waals surface area contributed by atoms with E-state index in [0.717, 1.165) is 31.0 Å². The lowest BCUT2D eigenvalue weighted by Crippen LogP contribution is -2.23. The Morgan fingerprint density at radius 3 is 2.71 bits per heavy atom. The largest absolute Gasteiger partial charge is 0.308 e. The van der Waals surface area contributed by atoms with Crippen LogP contribution in [0.2, 0.25) is 0 Å². The van der Waals surface area contributed by atoms with Crippen molar-refractivity contribution in [1.29, 1.82) is 0 Å². The maximum atomic E-state index is 5.38. The van der Waals surface area contributed by atoms with Crippen LogP contribution in [0.25, 0.3) is 0 Å². The summed E-state index contributed by atoms with van der Waals surface area (Å²) in [6.45, 7) is 7.26. The van der Waals surface area contributed by atoms with Gasteiger partial charge in [0, 0.05) is 18.3 Å². The second-order valence-corrected chi connectivity index (χ2v) is 3.12. The Balaban J connectivity index is 2.74. The molecule has 1 aromatic rings. The molecule has 0 amide bonds. The minimum absolute atomic E-state index is 0.763. The highest BCUT2D eigenvalue weighted by molar-refractivity contribution is 5.42. The van der Waals surface area contributed by atoms with Gasteiger partial charge in [0.05, 0.1) is 0 Å². The van der Waals surface area contributed by atoms with Crippen LogP contribution in [-0.4, -0.2) is 23.0 Å². The number of pyridine rings is 1. The molecule has 1 aromatic heterocycles. The molecular formula is C10H18N4. The normalized spacial score (nSPS) is 10.6. The first-order valence-corrected chi connectivity index (χ1v) is 4.94. The van der Waals surface area contributed by atoms with E-state index in [0.29, 0.717) is 0 Å². The molecule has 0 bridgehead atoms. The average Bonchev–Trinajstić information content (AvgIpc) is 2.26. The van der Waals surface area contributed by atoms with Crippen molar-refractivity contribution in [3.05, 3.63) is 23.9 Å². The predicted octanol–water partition coefficient (Wildman–Crippen LogP) is 1.21. The predicted molar refractivity (Wildman–Crippen MR) is 58.7 cm³/mol. The van der Waals surface area contributed by atoms with E-state index in [1.54, 1.807) is 6.20 Å². The molecule has 0 spiro atoms. The van der Waals surface area contributed by atoms with E-state index in [4.69, 9.17) is 5.84 Å². The fourth-order valence-electron chi connectivity index (χ4n) is 1.38. The summed E-state index contributed by atoms with van der Waals surface area (Å²) >= 11 is 0. The van der Waals surface area contributed by atoms with Crippen LogP contribution < -0.4 is 11.3 Å². The second-order valence-electron chi connectivity index (χ2n) is 3.12. The smallest absolute Gasteiger partial charge is 0.144 e. The molecule has 0 saturated carbocycles. The molecular weight excluding hydrogens is 176 g/mol. The van der Waals surface area contributed by atoms with Gasteiger partial charge in [-0.25, -0.2) is 10.8 Å². The maximum Gasteiger partial charge on any atom is 0.144 e. The van der Waals surface area contributed by atoms with E-state index in [1.165, 1.54) is 0 Å². The van der Waals surface area contributed by atoms with Crippen LogP contribution in [0.5, 0.6) is 0 Å². The molecule has 14 heavy (non-hydrogen) atoms. The van der Waals surface area contributed by atoms with E-state index in [-0.39, 0.29) is 0 Å². The van der Waals surface area contributed by atoms with E-state index in [9.17, 15) is 0 Å². The van der Waals surface area contributed by atoms with Gasteiger partial charge in [-0.3, -0.25) is 4.90 Å². The van der Waals surface area contributed by atoms with E-state index in [1.807, 2.05) is 12.1 Å². The average molecular weight is 194 g/mol. The Morgan fingerprint density at radius 1 is 1.43 bits per heavy atom. The Kier molecular flexibility index (Phi) is 4.35. The van der Waals surface area contributed by atoms with Crippen molar-refractivity contribution in [2.24, 2.45) is 5.84 Å². The highest BCUT2D eigenvalue weighted by Gasteiger charge is 2.05. The summed E-state index contributed by atoms with van der Waals surface area (Å²) in [6.07, 6.45) is 1.74. The number of hydrogen-bond donors (Lipinski definition) is 2. The minimum Gasteiger partial charge on any atom is -0.308 e. The number of nitrogens with one attached hydrogen (secondary N) is 1. The molecule has 78 valence electrons. The van der Waals surface area contributed by atoms with Gasteiger partial charge in [0.1, 0.15) is 5.82 Å². The summed E-state index contributed by atoms with van der Waals surface area (Å²) in [4.78, 5) is 6.47. The molecule has 0 aliphatic rings. The molecule has 0 fully saturated rings. The lowest BCUT2D eigenvalue weighted by atomic mass is 10.2. The van der Waals surface area contributed by atoms with E-state index < -0.39 is 0 Å². The molecule has 0 aromatic carbocycles. The van der Waals surface area contributed by atoms with Crippen molar-refractivity contribution in [1.82, 2.24) is 9.88 Å². The van der Waals surface area contributed by atoms with Crippen molar-refractivity contribution in [2.45, 2.75) is 20.4 Å². The summed E-state index contributed by atoms with van der Waals surface area (Å²) in [5, 5.41) is 0. The Bertz CT molecular complexity index is 271. The topological polar surface area (TPSA) is 54.2 Å². The molecule has 0 atom stereocenters. The van der Waals surface area contributed by atoms with Gasteiger partial charge < -0.3 is 5.43 Å². The fraction of sp³-hybridized carbons (Fsp3) is 0.500. The monoisotopic (exact) mass is 194 g/mol. The molecule has 0 unspecified atom stereocenters. The van der Waals surface area contributed by atoms with Crippen molar-refractivity contribution in [2.75, 3.05) is 18.5 Å². The van der Waals surface area contributed by atoms with Crippen LogP contribution in [0, 0.1) is 0 Å². The second kappa shape index (κ2) is 5.57. The molecule has 0 aliphatic heterocycles. The molecule has 4 nitrogen and oxygen atoms in total. The molecule has 1 heterocycles. The van der Waals surface area contributed by atoms with E-state index in [2.05, 4.69) is 29.2 Å². The van der Waals surface area contributed by atoms with Crippen molar-refractivity contribution in [3.63, 3.8) is 0 Å². The molecule has 4 heteroatoms. The third kappa shape index (κ3) is 2.68. The van der Waals surface area contributed by atoms with Gasteiger partial charge in [-0.1, -0.05) is 19.9 Å². The van der Waals surface area contributed by atoms with Crippen LogP contribution in [0.15, 0.2) is 18.3 Å². The first-order chi connectivity index (χ1) is 6.81. The summed E-state index contributed by atoms with van der Waals surface area (Å²) in [5.74, 6) is 6.14. The zero-order chi connectivity index (χ0) is 10.4. The van der Waals surface area contributed by atoms with Gasteiger partial charge in [-0.05, 0) is 19.2 Å². The van der Waals surface area contributed by atoms with Crippen LogP contribution >= 0.6 is 0 Å². The number of anilines is 1. The van der Waals surface area contributed by atoms with Gasteiger partial charge in [0.2, 0.25) is 0 Å². The van der Waals surface area contributed by atoms with Crippen LogP contribution in [0.4, 0.5) is 5.82 Å². The molecule has 0 radical (unpaired) electrons. The summed E-state index contributed by atoms with van der Waals surface area (Å²) in [7, 11) is 0. The summed E-state index contributed by atoms with van der Waals surface area (Å²) in [6, 6.07) is 3.97. The number of nitrogens with two attached hydrogens (primary N) is 1. The zero-order valence-electron chi connectivity index (χ0n) is 8.83. The highest BCUT2D eigenvalue weighted by atomic mass is 15.3. The summed E-state index contributed by atoms with van der Waals surface area (Å²) < 4.78 is 0. The number of hydrazine groups is 1. The van der Waals surface area contributed by atoms with Gasteiger partial charge in [-0.15, -0.1) is 0 Å². The van der Waals surface area contributed by atoms with Crippen LogP contribution in [0.3, 0.4) is 0 Å². The van der Waals surface area contributed by atoms with Gasteiger partial charge >= 0.3 is 0 Å². The highest BCUT2D eigenvalue weighted by Crippen LogP contribution is 2.12. The molecule has 0 aliphatic carbocycles. The zero-order valence-corrected chi connectivity index (χ0v) is 8.83. The molecule has 0 saturated heterocycles. The lowest BCUT2D eigenvalue weighted by Gasteiger charge is -2.19. The fourth-order valence-corrected chi connectivity index (χ4v) is 1.38. The van der Waals surface area contributed by atoms with Crippen molar-refractivity contribution < 1.29 is 0 Å². The van der Waals surface area contributed by atoms with Crippen molar-refractivity contribution in [3.8, 4) is 0 Å². The first-order valence-electron chi connectivity index (χ1n) is 4.94.